The summed E-state index contributed by atoms with van der Waals surface area (Å²) in [6.45, 7) is 0. The van der Waals surface area contributed by atoms with Crippen molar-refractivity contribution in [3.8, 4) is 11.5 Å². The minimum Gasteiger partial charge on any atom is -0.395 e. The van der Waals surface area contributed by atoms with E-state index in [1.165, 1.54) is 29.2 Å². The Morgan fingerprint density at radius 3 is 2.91 bits per heavy atom. The lowest BCUT2D eigenvalue weighted by molar-refractivity contribution is -0.286. The number of fused-ring (bicyclic) bond motifs is 1. The summed E-state index contributed by atoms with van der Waals surface area (Å²) in [5.41, 5.74) is 0.305. The molecule has 22 heavy (non-hydrogen) atoms. The Kier molecular flexibility index (Phi) is 3.48. The quantitative estimate of drug-likeness (QED) is 0.638. The van der Waals surface area contributed by atoms with E-state index in [4.69, 9.17) is 5.84 Å². The van der Waals surface area contributed by atoms with Crippen LogP contribution in [-0.2, 0) is 4.79 Å². The number of anilines is 1. The SMILES string of the molecule is Nn1cnnc1SCC(=O)Nc1ccc2c(c1)OC(F)(F)O2. The maximum absolute atomic E-state index is 12.9. The highest BCUT2D eigenvalue weighted by atomic mass is 32.2. The van der Waals surface area contributed by atoms with Crippen molar-refractivity contribution in [1.29, 1.82) is 0 Å². The van der Waals surface area contributed by atoms with Crippen LogP contribution < -0.4 is 20.6 Å². The standard InChI is InChI=1S/C11H9F2N5O3S/c12-11(13)20-7-2-1-6(3-8(7)21-11)16-9(19)4-22-10-17-15-5-18(10)14/h1-3,5H,4,14H2,(H,16,19). The molecule has 8 nitrogen and oxygen atoms in total. The fourth-order valence-electron chi connectivity index (χ4n) is 1.69. The summed E-state index contributed by atoms with van der Waals surface area (Å²) in [4.78, 5) is 11.8. The number of thioether (sulfide) groups is 1. The number of ether oxygens (including phenoxy) is 2. The molecule has 2 aromatic rings. The van der Waals surface area contributed by atoms with E-state index >= 15 is 0 Å². The van der Waals surface area contributed by atoms with E-state index in [-0.39, 0.29) is 23.2 Å². The van der Waals surface area contributed by atoms with E-state index in [1.54, 1.807) is 0 Å². The molecular formula is C11H9F2N5O3S. The van der Waals surface area contributed by atoms with Crippen molar-refractivity contribution in [2.24, 2.45) is 0 Å². The largest absolute Gasteiger partial charge is 0.586 e. The fraction of sp³-hybridized carbons (Fsp3) is 0.182. The zero-order valence-corrected chi connectivity index (χ0v) is 11.6. The van der Waals surface area contributed by atoms with Gasteiger partial charge in [0.2, 0.25) is 11.1 Å². The number of aromatic nitrogens is 3. The summed E-state index contributed by atoms with van der Waals surface area (Å²) in [5.74, 6) is 4.94. The topological polar surface area (TPSA) is 104 Å². The molecular weight excluding hydrogens is 320 g/mol. The molecule has 11 heteroatoms. The van der Waals surface area contributed by atoms with Gasteiger partial charge in [0, 0.05) is 11.8 Å². The van der Waals surface area contributed by atoms with Gasteiger partial charge in [0.25, 0.3) is 0 Å². The first-order valence-electron chi connectivity index (χ1n) is 5.90. The molecule has 1 aromatic heterocycles. The van der Waals surface area contributed by atoms with Crippen molar-refractivity contribution < 1.29 is 23.0 Å². The van der Waals surface area contributed by atoms with E-state index in [2.05, 4.69) is 25.0 Å². The van der Waals surface area contributed by atoms with Crippen LogP contribution in [0.25, 0.3) is 0 Å². The van der Waals surface area contributed by atoms with Gasteiger partial charge in [-0.25, -0.2) is 4.68 Å². The third-order valence-corrected chi connectivity index (χ3v) is 3.51. The Balaban J connectivity index is 1.60. The van der Waals surface area contributed by atoms with Gasteiger partial charge in [0.05, 0.1) is 5.75 Å². The van der Waals surface area contributed by atoms with Crippen LogP contribution in [0.4, 0.5) is 14.5 Å². The number of nitrogens with zero attached hydrogens (tertiary/aromatic N) is 3. The van der Waals surface area contributed by atoms with Gasteiger partial charge in [-0.15, -0.1) is 19.0 Å². The van der Waals surface area contributed by atoms with E-state index < -0.39 is 6.29 Å². The lowest BCUT2D eigenvalue weighted by atomic mass is 10.3. The van der Waals surface area contributed by atoms with Crippen LogP contribution in [0.5, 0.6) is 11.5 Å². The van der Waals surface area contributed by atoms with Crippen LogP contribution in [0, 0.1) is 0 Å². The summed E-state index contributed by atoms with van der Waals surface area (Å²) < 4.78 is 35.5. The van der Waals surface area contributed by atoms with Gasteiger partial charge in [0.1, 0.15) is 6.33 Å². The highest BCUT2D eigenvalue weighted by Gasteiger charge is 2.43. The number of nitrogens with two attached hydrogens (primary N) is 1. The molecule has 0 atom stereocenters. The summed E-state index contributed by atoms with van der Waals surface area (Å²) in [5, 5.41) is 10.2. The Hall–Kier alpha value is -2.56. The Morgan fingerprint density at radius 1 is 1.41 bits per heavy atom. The van der Waals surface area contributed by atoms with E-state index in [0.717, 1.165) is 11.8 Å². The zero-order valence-electron chi connectivity index (χ0n) is 10.8. The van der Waals surface area contributed by atoms with Crippen LogP contribution in [0.1, 0.15) is 0 Å². The molecule has 3 rings (SSSR count). The summed E-state index contributed by atoms with van der Waals surface area (Å²) in [6.07, 6.45) is -2.38. The minimum absolute atomic E-state index is 0.0283. The first-order chi connectivity index (χ1) is 10.4. The molecule has 1 aliphatic rings. The molecule has 1 amide bonds. The molecule has 0 bridgehead atoms. The first kappa shape index (κ1) is 14.4. The molecule has 0 radical (unpaired) electrons. The minimum atomic E-state index is -3.69. The number of hydrogen-bond acceptors (Lipinski definition) is 7. The smallest absolute Gasteiger partial charge is 0.395 e. The summed E-state index contributed by atoms with van der Waals surface area (Å²) >= 11 is 1.08. The number of benzene rings is 1. The average molecular weight is 329 g/mol. The third kappa shape index (κ3) is 3.03. The monoisotopic (exact) mass is 329 g/mol. The Bertz CT molecular complexity index is 724. The molecule has 0 saturated carbocycles. The van der Waals surface area contributed by atoms with Gasteiger partial charge in [-0.2, -0.15) is 0 Å². The van der Waals surface area contributed by atoms with Crippen molar-refractivity contribution in [2.45, 2.75) is 11.5 Å². The van der Waals surface area contributed by atoms with E-state index in [0.29, 0.717) is 10.8 Å². The van der Waals surface area contributed by atoms with Crippen LogP contribution in [0.3, 0.4) is 0 Å². The normalized spacial score (nSPS) is 14.8. The molecule has 0 spiro atoms. The number of nitrogens with one attached hydrogen (secondary N) is 1. The van der Waals surface area contributed by atoms with Crippen molar-refractivity contribution >= 4 is 23.4 Å². The van der Waals surface area contributed by atoms with Gasteiger partial charge in [0.15, 0.2) is 11.5 Å². The van der Waals surface area contributed by atoms with Gasteiger partial charge >= 0.3 is 6.29 Å². The molecule has 1 aromatic carbocycles. The zero-order chi connectivity index (χ0) is 15.7. The molecule has 0 saturated heterocycles. The number of hydrogen-bond donors (Lipinski definition) is 2. The number of amides is 1. The van der Waals surface area contributed by atoms with Crippen molar-refractivity contribution in [3.05, 3.63) is 24.5 Å². The van der Waals surface area contributed by atoms with E-state index in [1.807, 2.05) is 0 Å². The van der Waals surface area contributed by atoms with Crippen molar-refractivity contribution in [2.75, 3.05) is 16.9 Å². The molecule has 1 aliphatic heterocycles. The molecule has 116 valence electrons. The lowest BCUT2D eigenvalue weighted by Gasteiger charge is -2.05. The van der Waals surface area contributed by atoms with Gasteiger partial charge < -0.3 is 20.6 Å². The molecule has 0 unspecified atom stereocenters. The first-order valence-corrected chi connectivity index (χ1v) is 6.89. The highest BCUT2D eigenvalue weighted by Crippen LogP contribution is 2.42. The van der Waals surface area contributed by atoms with Crippen molar-refractivity contribution in [1.82, 2.24) is 14.9 Å². The predicted octanol–water partition coefficient (Wildman–Crippen LogP) is 1.04. The van der Waals surface area contributed by atoms with Crippen LogP contribution in [0.15, 0.2) is 29.7 Å². The second-order valence-electron chi connectivity index (χ2n) is 4.19. The Morgan fingerprint density at radius 2 is 2.18 bits per heavy atom. The number of nitrogen functional groups attached to an aromatic ring is 1. The fourth-order valence-corrected chi connectivity index (χ4v) is 2.32. The maximum Gasteiger partial charge on any atom is 0.586 e. The number of halogens is 2. The number of carbonyl (C=O) groups excluding carboxylic acids is 1. The maximum atomic E-state index is 12.9. The van der Waals surface area contributed by atoms with Gasteiger partial charge in [-0.3, -0.25) is 4.79 Å². The summed E-state index contributed by atoms with van der Waals surface area (Å²) in [6, 6.07) is 3.97. The van der Waals surface area contributed by atoms with Gasteiger partial charge in [-0.1, -0.05) is 11.8 Å². The number of carbonyl (C=O) groups is 1. The Labute approximate surface area is 126 Å². The molecule has 2 heterocycles. The van der Waals surface area contributed by atoms with Crippen LogP contribution >= 0.6 is 11.8 Å². The summed E-state index contributed by atoms with van der Waals surface area (Å²) in [7, 11) is 0. The van der Waals surface area contributed by atoms with Crippen LogP contribution in [-0.4, -0.2) is 32.8 Å². The van der Waals surface area contributed by atoms with Gasteiger partial charge in [-0.05, 0) is 12.1 Å². The second kappa shape index (κ2) is 5.33. The molecule has 0 aliphatic carbocycles. The van der Waals surface area contributed by atoms with Crippen molar-refractivity contribution in [3.63, 3.8) is 0 Å². The average Bonchev–Trinajstić information content (AvgIpc) is 2.97. The third-order valence-electron chi connectivity index (χ3n) is 2.56. The highest BCUT2D eigenvalue weighted by molar-refractivity contribution is 7.99. The predicted molar refractivity (Wildman–Crippen MR) is 72.2 cm³/mol. The van der Waals surface area contributed by atoms with E-state index in [9.17, 15) is 13.6 Å². The second-order valence-corrected chi connectivity index (χ2v) is 5.13. The number of rotatable bonds is 4. The number of alkyl halides is 2. The van der Waals surface area contributed by atoms with Crippen LogP contribution in [0.2, 0.25) is 0 Å². The lowest BCUT2D eigenvalue weighted by Crippen LogP contribution is -2.25. The molecule has 3 N–H and O–H groups in total. The molecule has 0 fully saturated rings.